The van der Waals surface area contributed by atoms with Gasteiger partial charge in [-0.2, -0.15) is 0 Å². The maximum absolute atomic E-state index is 5.15. The summed E-state index contributed by atoms with van der Waals surface area (Å²) in [5.74, 6) is 0. The Morgan fingerprint density at radius 1 is 1.88 bits per heavy atom. The van der Waals surface area contributed by atoms with Gasteiger partial charge < -0.3 is 9.47 Å². The fourth-order valence-corrected chi connectivity index (χ4v) is 0.756. The van der Waals surface area contributed by atoms with Crippen molar-refractivity contribution in [2.24, 2.45) is 0 Å². The summed E-state index contributed by atoms with van der Waals surface area (Å²) in [6, 6.07) is 0. The Morgan fingerprint density at radius 3 is 3.25 bits per heavy atom. The molecule has 0 saturated carbocycles. The molecule has 1 atom stereocenters. The van der Waals surface area contributed by atoms with Crippen molar-refractivity contribution in [1.82, 2.24) is 0 Å². The first kappa shape index (κ1) is 6.05. The third kappa shape index (κ3) is 1.46. The van der Waals surface area contributed by atoms with Crippen molar-refractivity contribution in [3.8, 4) is 0 Å². The Balaban J connectivity index is 2.06. The molecule has 8 heavy (non-hydrogen) atoms. The van der Waals surface area contributed by atoms with Crippen LogP contribution in [0.4, 0.5) is 0 Å². The lowest BCUT2D eigenvalue weighted by molar-refractivity contribution is -0.0913. The molecule has 1 unspecified atom stereocenters. The third-order valence-electron chi connectivity index (χ3n) is 1.12. The van der Waals surface area contributed by atoms with Gasteiger partial charge in [-0.15, -0.1) is 0 Å². The van der Waals surface area contributed by atoms with Crippen LogP contribution >= 0.6 is 0 Å². The topological polar surface area (TPSA) is 18.5 Å². The zero-order valence-corrected chi connectivity index (χ0v) is 5.09. The number of hydrogen-bond donors (Lipinski definition) is 0. The monoisotopic (exact) mass is 115 g/mol. The van der Waals surface area contributed by atoms with Crippen molar-refractivity contribution in [1.29, 1.82) is 0 Å². The van der Waals surface area contributed by atoms with E-state index in [9.17, 15) is 0 Å². The van der Waals surface area contributed by atoms with E-state index in [1.807, 2.05) is 6.92 Å². The molecule has 0 aliphatic carbocycles. The Labute approximate surface area is 49.8 Å². The van der Waals surface area contributed by atoms with Crippen LogP contribution in [-0.4, -0.2) is 12.9 Å². The third-order valence-corrected chi connectivity index (χ3v) is 1.12. The molecule has 0 bridgehead atoms. The van der Waals surface area contributed by atoms with Gasteiger partial charge in [0, 0.05) is 13.0 Å². The summed E-state index contributed by atoms with van der Waals surface area (Å²) >= 11 is 0. The van der Waals surface area contributed by atoms with E-state index in [-0.39, 0.29) is 6.29 Å². The quantitative estimate of drug-likeness (QED) is 0.540. The first-order valence-electron chi connectivity index (χ1n) is 3.02. The minimum atomic E-state index is 0.0556. The summed E-state index contributed by atoms with van der Waals surface area (Å²) in [7, 11) is 0. The summed E-state index contributed by atoms with van der Waals surface area (Å²) in [5, 5.41) is 0. The molecule has 0 aromatic carbocycles. The second-order valence-electron chi connectivity index (χ2n) is 1.76. The van der Waals surface area contributed by atoms with E-state index in [1.54, 1.807) is 6.61 Å². The lowest BCUT2D eigenvalue weighted by Crippen LogP contribution is -2.08. The molecule has 2 nitrogen and oxygen atoms in total. The molecule has 47 valence electrons. The number of rotatable bonds is 2. The van der Waals surface area contributed by atoms with Crippen LogP contribution in [0.1, 0.15) is 19.8 Å². The Morgan fingerprint density at radius 2 is 2.75 bits per heavy atom. The summed E-state index contributed by atoms with van der Waals surface area (Å²) in [6.45, 7) is 4.53. The van der Waals surface area contributed by atoms with Crippen LogP contribution in [0.5, 0.6) is 0 Å². The first-order valence-corrected chi connectivity index (χ1v) is 3.02. The predicted molar refractivity (Wildman–Crippen MR) is 30.0 cm³/mol. The van der Waals surface area contributed by atoms with Gasteiger partial charge in [0.25, 0.3) is 0 Å². The molecule has 1 heterocycles. The van der Waals surface area contributed by atoms with Crippen LogP contribution in [-0.2, 0) is 9.47 Å². The SMILES string of the molecule is CCOC1CC[CH]O1. The van der Waals surface area contributed by atoms with Gasteiger partial charge in [-0.1, -0.05) is 0 Å². The van der Waals surface area contributed by atoms with E-state index < -0.39 is 0 Å². The van der Waals surface area contributed by atoms with Gasteiger partial charge in [0.05, 0.1) is 6.61 Å². The lowest BCUT2D eigenvalue weighted by Gasteiger charge is -2.06. The van der Waals surface area contributed by atoms with E-state index in [0.717, 1.165) is 19.4 Å². The van der Waals surface area contributed by atoms with E-state index in [4.69, 9.17) is 9.47 Å². The molecular formula is C6H11O2. The smallest absolute Gasteiger partial charge is 0.158 e. The van der Waals surface area contributed by atoms with E-state index >= 15 is 0 Å². The van der Waals surface area contributed by atoms with Gasteiger partial charge in [-0.25, -0.2) is 0 Å². The van der Waals surface area contributed by atoms with Crippen molar-refractivity contribution in [3.05, 3.63) is 6.61 Å². The zero-order chi connectivity index (χ0) is 5.82. The molecule has 0 aromatic heterocycles. The summed E-state index contributed by atoms with van der Waals surface area (Å²) in [4.78, 5) is 0. The highest BCUT2D eigenvalue weighted by Gasteiger charge is 2.14. The molecule has 1 radical (unpaired) electrons. The normalized spacial score (nSPS) is 28.9. The predicted octanol–water partition coefficient (Wildman–Crippen LogP) is 1.32. The highest BCUT2D eigenvalue weighted by atomic mass is 16.7. The van der Waals surface area contributed by atoms with Crippen molar-refractivity contribution >= 4 is 0 Å². The van der Waals surface area contributed by atoms with E-state index in [0.29, 0.717) is 0 Å². The first-order chi connectivity index (χ1) is 3.93. The minimum Gasteiger partial charge on any atom is -0.353 e. The van der Waals surface area contributed by atoms with Crippen LogP contribution in [0.25, 0.3) is 0 Å². The van der Waals surface area contributed by atoms with Crippen LogP contribution in [0.15, 0.2) is 0 Å². The maximum atomic E-state index is 5.15. The highest BCUT2D eigenvalue weighted by Crippen LogP contribution is 2.15. The van der Waals surface area contributed by atoms with Gasteiger partial charge >= 0.3 is 0 Å². The van der Waals surface area contributed by atoms with Gasteiger partial charge in [0.2, 0.25) is 0 Å². The van der Waals surface area contributed by atoms with Gasteiger partial charge in [-0.05, 0) is 13.3 Å². The summed E-state index contributed by atoms with van der Waals surface area (Å²) in [5.41, 5.74) is 0. The molecule has 0 amide bonds. The molecule has 0 spiro atoms. The van der Waals surface area contributed by atoms with Crippen molar-refractivity contribution in [2.45, 2.75) is 26.1 Å². The Hall–Kier alpha value is -0.0800. The number of ether oxygens (including phenoxy) is 2. The lowest BCUT2D eigenvalue weighted by atomic mass is 10.4. The van der Waals surface area contributed by atoms with Gasteiger partial charge in [-0.3, -0.25) is 0 Å². The molecular weight excluding hydrogens is 104 g/mol. The fraction of sp³-hybridized carbons (Fsp3) is 0.833. The molecule has 1 rings (SSSR count). The molecule has 2 heteroatoms. The van der Waals surface area contributed by atoms with E-state index in [1.165, 1.54) is 0 Å². The van der Waals surface area contributed by atoms with Crippen molar-refractivity contribution < 1.29 is 9.47 Å². The minimum absolute atomic E-state index is 0.0556. The number of hydrogen-bond acceptors (Lipinski definition) is 2. The standard InChI is InChI=1S/C6H11O2/c1-2-7-6-4-3-5-8-6/h5-6H,2-4H2,1H3. The van der Waals surface area contributed by atoms with Crippen LogP contribution in [0.3, 0.4) is 0 Å². The van der Waals surface area contributed by atoms with Crippen LogP contribution < -0.4 is 0 Å². The van der Waals surface area contributed by atoms with Crippen LogP contribution in [0.2, 0.25) is 0 Å². The largest absolute Gasteiger partial charge is 0.353 e. The molecule has 0 aromatic rings. The average Bonchev–Trinajstić information content (AvgIpc) is 2.19. The fourth-order valence-electron chi connectivity index (χ4n) is 0.756. The molecule has 1 saturated heterocycles. The molecule has 1 aliphatic rings. The Kier molecular flexibility index (Phi) is 2.30. The highest BCUT2D eigenvalue weighted by molar-refractivity contribution is 4.63. The van der Waals surface area contributed by atoms with E-state index in [2.05, 4.69) is 0 Å². The van der Waals surface area contributed by atoms with Crippen molar-refractivity contribution in [2.75, 3.05) is 6.61 Å². The molecule has 0 N–H and O–H groups in total. The van der Waals surface area contributed by atoms with Crippen molar-refractivity contribution in [3.63, 3.8) is 0 Å². The molecule has 1 fully saturated rings. The second-order valence-corrected chi connectivity index (χ2v) is 1.76. The van der Waals surface area contributed by atoms with Gasteiger partial charge in [0.15, 0.2) is 6.29 Å². The zero-order valence-electron chi connectivity index (χ0n) is 5.09. The van der Waals surface area contributed by atoms with Crippen LogP contribution in [0, 0.1) is 6.61 Å². The molecule has 1 aliphatic heterocycles. The second kappa shape index (κ2) is 3.05. The Bertz CT molecular complexity index is 57.5. The summed E-state index contributed by atoms with van der Waals surface area (Å²) in [6.07, 6.45) is 2.11. The summed E-state index contributed by atoms with van der Waals surface area (Å²) < 4.78 is 10.2. The maximum Gasteiger partial charge on any atom is 0.158 e. The average molecular weight is 115 g/mol. The van der Waals surface area contributed by atoms with Gasteiger partial charge in [0.1, 0.15) is 0 Å².